The van der Waals surface area contributed by atoms with Crippen molar-refractivity contribution < 1.29 is 19.1 Å². The number of benzene rings is 1. The Morgan fingerprint density at radius 2 is 1.88 bits per heavy atom. The Kier molecular flexibility index (Phi) is 8.75. The van der Waals surface area contributed by atoms with Crippen molar-refractivity contribution in [3.63, 3.8) is 0 Å². The molecular weight excluding hydrogens is 418 g/mol. The van der Waals surface area contributed by atoms with E-state index in [1.807, 2.05) is 26.0 Å². The fourth-order valence-corrected chi connectivity index (χ4v) is 3.33. The van der Waals surface area contributed by atoms with Gasteiger partial charge in [0.25, 0.3) is 5.91 Å². The normalized spacial score (nSPS) is 12.2. The van der Waals surface area contributed by atoms with E-state index in [2.05, 4.69) is 23.7 Å². The van der Waals surface area contributed by atoms with Crippen LogP contribution < -0.4 is 5.32 Å². The molecule has 1 N–H and O–H groups in total. The molecule has 33 heavy (non-hydrogen) atoms. The summed E-state index contributed by atoms with van der Waals surface area (Å²) < 4.78 is 7.39. The monoisotopic (exact) mass is 449 g/mol. The standard InChI is InChI=1S/C26H31N3O4/c1-16(2)10-11-29-17(3)12-22(18(29)4)13-23(15-27)26(32)33-20(6)25(31)28-24-9-7-8-21(14-24)19(5)30/h7-9,12-14,16,20H,10-11H2,1-6H3,(H,28,31)/b23-13+. The van der Waals surface area contributed by atoms with Gasteiger partial charge in [0, 0.05) is 29.2 Å². The van der Waals surface area contributed by atoms with Gasteiger partial charge in [0.15, 0.2) is 11.9 Å². The van der Waals surface area contributed by atoms with Crippen LogP contribution in [0.5, 0.6) is 0 Å². The molecule has 0 radical (unpaired) electrons. The second kappa shape index (κ2) is 11.3. The number of carbonyl (C=O) groups excluding carboxylic acids is 3. The highest BCUT2D eigenvalue weighted by molar-refractivity contribution is 6.02. The predicted molar refractivity (Wildman–Crippen MR) is 128 cm³/mol. The van der Waals surface area contributed by atoms with Crippen LogP contribution in [0.3, 0.4) is 0 Å². The largest absolute Gasteiger partial charge is 0.448 e. The van der Waals surface area contributed by atoms with Crippen LogP contribution in [0.25, 0.3) is 6.08 Å². The molecule has 0 aliphatic heterocycles. The second-order valence-corrected chi connectivity index (χ2v) is 8.50. The Hall–Kier alpha value is -3.66. The van der Waals surface area contributed by atoms with E-state index in [1.165, 1.54) is 19.9 Å². The van der Waals surface area contributed by atoms with Crippen molar-refractivity contribution in [1.82, 2.24) is 4.57 Å². The number of Topliss-reactive ketones (excluding diaryl/α,β-unsaturated/α-hetero) is 1. The number of hydrogen-bond donors (Lipinski definition) is 1. The van der Waals surface area contributed by atoms with Gasteiger partial charge in [0.2, 0.25) is 0 Å². The average molecular weight is 450 g/mol. The topological polar surface area (TPSA) is 101 Å². The molecule has 0 aliphatic rings. The number of nitrogens with one attached hydrogen (secondary N) is 1. The maximum atomic E-state index is 12.6. The van der Waals surface area contributed by atoms with Crippen LogP contribution in [0.1, 0.15) is 61.4 Å². The molecule has 1 amide bonds. The number of nitriles is 1. The van der Waals surface area contributed by atoms with Crippen molar-refractivity contribution in [1.29, 1.82) is 5.26 Å². The second-order valence-electron chi connectivity index (χ2n) is 8.50. The Balaban J connectivity index is 2.11. The van der Waals surface area contributed by atoms with Crippen LogP contribution in [0.2, 0.25) is 0 Å². The van der Waals surface area contributed by atoms with Crippen LogP contribution in [0.4, 0.5) is 5.69 Å². The number of ketones is 1. The maximum absolute atomic E-state index is 12.6. The SMILES string of the molecule is CC(=O)c1cccc(NC(=O)C(C)OC(=O)/C(C#N)=C/c2cc(C)n(CCC(C)C)c2C)c1. The lowest BCUT2D eigenvalue weighted by Crippen LogP contribution is -2.30. The van der Waals surface area contributed by atoms with Gasteiger partial charge in [-0.15, -0.1) is 0 Å². The number of carbonyl (C=O) groups is 3. The number of rotatable bonds is 9. The molecule has 7 heteroatoms. The van der Waals surface area contributed by atoms with Gasteiger partial charge in [-0.2, -0.15) is 5.26 Å². The van der Waals surface area contributed by atoms with Crippen molar-refractivity contribution >= 4 is 29.4 Å². The van der Waals surface area contributed by atoms with Gasteiger partial charge >= 0.3 is 5.97 Å². The summed E-state index contributed by atoms with van der Waals surface area (Å²) in [4.78, 5) is 36.5. The third kappa shape index (κ3) is 6.91. The van der Waals surface area contributed by atoms with Crippen LogP contribution in [0, 0.1) is 31.1 Å². The molecule has 0 saturated carbocycles. The zero-order valence-electron chi connectivity index (χ0n) is 20.1. The lowest BCUT2D eigenvalue weighted by atomic mass is 10.1. The van der Waals surface area contributed by atoms with E-state index in [4.69, 9.17) is 4.74 Å². The number of anilines is 1. The first-order chi connectivity index (χ1) is 15.5. The molecule has 0 aliphatic carbocycles. The quantitative estimate of drug-likeness (QED) is 0.256. The Morgan fingerprint density at radius 1 is 1.18 bits per heavy atom. The van der Waals surface area contributed by atoms with E-state index >= 15 is 0 Å². The van der Waals surface area contributed by atoms with Crippen molar-refractivity contribution in [3.8, 4) is 6.07 Å². The molecule has 1 aromatic heterocycles. The van der Waals surface area contributed by atoms with Crippen molar-refractivity contribution in [2.45, 2.75) is 60.6 Å². The zero-order chi connectivity index (χ0) is 24.7. The van der Waals surface area contributed by atoms with Crippen LogP contribution in [0.15, 0.2) is 35.9 Å². The first-order valence-corrected chi connectivity index (χ1v) is 10.9. The summed E-state index contributed by atoms with van der Waals surface area (Å²) in [7, 11) is 0. The van der Waals surface area contributed by atoms with Crippen LogP contribution >= 0.6 is 0 Å². The third-order valence-electron chi connectivity index (χ3n) is 5.37. The van der Waals surface area contributed by atoms with Crippen molar-refractivity contribution in [3.05, 3.63) is 58.4 Å². The van der Waals surface area contributed by atoms with Gasteiger partial charge < -0.3 is 14.6 Å². The fourth-order valence-electron chi connectivity index (χ4n) is 3.33. The van der Waals surface area contributed by atoms with Gasteiger partial charge in [-0.3, -0.25) is 9.59 Å². The van der Waals surface area contributed by atoms with E-state index in [0.717, 1.165) is 29.9 Å². The number of aryl methyl sites for hydroxylation is 1. The summed E-state index contributed by atoms with van der Waals surface area (Å²) in [6.07, 6.45) is 1.39. The summed E-state index contributed by atoms with van der Waals surface area (Å²) in [5.41, 5.74) is 3.47. The number of hydrogen-bond acceptors (Lipinski definition) is 5. The summed E-state index contributed by atoms with van der Waals surface area (Å²) in [6.45, 7) is 12.0. The first kappa shape index (κ1) is 25.6. The average Bonchev–Trinajstić information content (AvgIpc) is 3.02. The molecule has 2 rings (SSSR count). The fraction of sp³-hybridized carbons (Fsp3) is 0.385. The maximum Gasteiger partial charge on any atom is 0.349 e. The van der Waals surface area contributed by atoms with E-state index < -0.39 is 18.0 Å². The van der Waals surface area contributed by atoms with Crippen LogP contribution in [-0.4, -0.2) is 28.3 Å². The first-order valence-electron chi connectivity index (χ1n) is 10.9. The lowest BCUT2D eigenvalue weighted by molar-refractivity contribution is -0.148. The van der Waals surface area contributed by atoms with E-state index in [0.29, 0.717) is 17.2 Å². The summed E-state index contributed by atoms with van der Waals surface area (Å²) in [5.74, 6) is -0.997. The molecule has 0 fully saturated rings. The number of nitrogens with zero attached hydrogens (tertiary/aromatic N) is 2. The van der Waals surface area contributed by atoms with E-state index in [1.54, 1.807) is 24.3 Å². The molecule has 0 saturated heterocycles. The van der Waals surface area contributed by atoms with Gasteiger partial charge in [-0.05, 0) is 69.9 Å². The van der Waals surface area contributed by atoms with Gasteiger partial charge in [0.1, 0.15) is 11.6 Å². The van der Waals surface area contributed by atoms with Gasteiger partial charge in [-0.1, -0.05) is 26.0 Å². The van der Waals surface area contributed by atoms with Gasteiger partial charge in [0.05, 0.1) is 0 Å². The highest BCUT2D eigenvalue weighted by atomic mass is 16.5. The number of ether oxygens (including phenoxy) is 1. The predicted octanol–water partition coefficient (Wildman–Crippen LogP) is 4.83. The summed E-state index contributed by atoms with van der Waals surface area (Å²) >= 11 is 0. The minimum Gasteiger partial charge on any atom is -0.448 e. The molecular formula is C26H31N3O4. The van der Waals surface area contributed by atoms with E-state index in [9.17, 15) is 19.6 Å². The lowest BCUT2D eigenvalue weighted by Gasteiger charge is -2.13. The van der Waals surface area contributed by atoms with Crippen molar-refractivity contribution in [2.24, 2.45) is 5.92 Å². The Bertz CT molecular complexity index is 1120. The Morgan fingerprint density at radius 3 is 2.48 bits per heavy atom. The molecule has 1 heterocycles. The summed E-state index contributed by atoms with van der Waals surface area (Å²) in [5, 5.41) is 12.1. The highest BCUT2D eigenvalue weighted by Gasteiger charge is 2.21. The molecule has 1 aromatic carbocycles. The highest BCUT2D eigenvalue weighted by Crippen LogP contribution is 2.20. The number of esters is 1. The third-order valence-corrected chi connectivity index (χ3v) is 5.37. The molecule has 1 unspecified atom stereocenters. The number of aromatic nitrogens is 1. The smallest absolute Gasteiger partial charge is 0.349 e. The molecule has 174 valence electrons. The van der Waals surface area contributed by atoms with E-state index in [-0.39, 0.29) is 11.4 Å². The number of amides is 1. The summed E-state index contributed by atoms with van der Waals surface area (Å²) in [6, 6.07) is 10.3. The van der Waals surface area contributed by atoms with Gasteiger partial charge in [-0.25, -0.2) is 4.79 Å². The van der Waals surface area contributed by atoms with Crippen molar-refractivity contribution in [2.75, 3.05) is 5.32 Å². The Labute approximate surface area is 195 Å². The molecule has 1 atom stereocenters. The molecule has 0 bridgehead atoms. The molecule has 0 spiro atoms. The molecule has 2 aromatic rings. The minimum atomic E-state index is -1.13. The zero-order valence-corrected chi connectivity index (χ0v) is 20.1. The molecule has 7 nitrogen and oxygen atoms in total. The van der Waals surface area contributed by atoms with Crippen LogP contribution in [-0.2, 0) is 20.9 Å². The minimum absolute atomic E-state index is 0.127.